The molecule has 0 N–H and O–H groups in total. The summed E-state index contributed by atoms with van der Waals surface area (Å²) in [4.78, 5) is 50.2. The molecule has 10 nitrogen and oxygen atoms in total. The predicted molar refractivity (Wildman–Crippen MR) is 136 cm³/mol. The van der Waals surface area contributed by atoms with Crippen molar-refractivity contribution in [3.8, 4) is 5.75 Å². The van der Waals surface area contributed by atoms with Crippen LogP contribution in [0.4, 0.5) is 0 Å². The fourth-order valence-corrected chi connectivity index (χ4v) is 3.67. The van der Waals surface area contributed by atoms with Gasteiger partial charge in [-0.2, -0.15) is 0 Å². The van der Waals surface area contributed by atoms with Crippen molar-refractivity contribution in [2.24, 2.45) is 0 Å². The van der Waals surface area contributed by atoms with Gasteiger partial charge in [0.25, 0.3) is 0 Å². The highest BCUT2D eigenvalue weighted by Crippen LogP contribution is 2.30. The Bertz CT molecular complexity index is 951. The van der Waals surface area contributed by atoms with Crippen LogP contribution in [0.1, 0.15) is 90.4 Å². The van der Waals surface area contributed by atoms with Crippen LogP contribution >= 0.6 is 0 Å². The highest BCUT2D eigenvalue weighted by atomic mass is 16.7. The second-order valence-electron chi connectivity index (χ2n) is 10.0. The fourth-order valence-electron chi connectivity index (χ4n) is 3.67. The molecular formula is C28H40O10. The van der Waals surface area contributed by atoms with Crippen LogP contribution in [0.15, 0.2) is 24.3 Å². The van der Waals surface area contributed by atoms with Crippen molar-refractivity contribution in [1.82, 2.24) is 0 Å². The first-order valence-corrected chi connectivity index (χ1v) is 13.2. The van der Waals surface area contributed by atoms with Gasteiger partial charge in [0, 0.05) is 19.3 Å². The predicted octanol–water partition coefficient (Wildman–Crippen LogP) is 4.51. The molecule has 212 valence electrons. The lowest BCUT2D eigenvalue weighted by Crippen LogP contribution is -2.59. The third-order valence-corrected chi connectivity index (χ3v) is 5.31. The first-order valence-electron chi connectivity index (χ1n) is 13.2. The molecule has 0 amide bonds. The van der Waals surface area contributed by atoms with Crippen LogP contribution in [0.25, 0.3) is 0 Å². The molecule has 0 bridgehead atoms. The van der Waals surface area contributed by atoms with Crippen LogP contribution in [-0.2, 0) is 38.1 Å². The van der Waals surface area contributed by atoms with Gasteiger partial charge in [0.2, 0.25) is 12.4 Å². The Labute approximate surface area is 224 Å². The topological polar surface area (TPSA) is 124 Å². The molecule has 1 saturated heterocycles. The Morgan fingerprint density at radius 1 is 0.816 bits per heavy atom. The van der Waals surface area contributed by atoms with E-state index in [1.165, 1.54) is 0 Å². The van der Waals surface area contributed by atoms with E-state index in [9.17, 15) is 19.2 Å². The minimum absolute atomic E-state index is 0.105. The molecule has 0 radical (unpaired) electrons. The first-order chi connectivity index (χ1) is 18.0. The maximum absolute atomic E-state index is 12.8. The Hall–Kier alpha value is -3.14. The maximum Gasteiger partial charge on any atom is 0.342 e. The molecule has 1 unspecified atom stereocenters. The van der Waals surface area contributed by atoms with E-state index >= 15 is 0 Å². The third kappa shape index (κ3) is 9.63. The summed E-state index contributed by atoms with van der Waals surface area (Å²) < 4.78 is 34.3. The minimum Gasteiger partial charge on any atom is -0.460 e. The Morgan fingerprint density at radius 3 is 1.89 bits per heavy atom. The van der Waals surface area contributed by atoms with Crippen LogP contribution in [0, 0.1) is 0 Å². The molecule has 2 rings (SSSR count). The average Bonchev–Trinajstić information content (AvgIpc) is 2.82. The van der Waals surface area contributed by atoms with Crippen LogP contribution in [-0.4, -0.2) is 60.7 Å². The second-order valence-corrected chi connectivity index (χ2v) is 10.0. The van der Waals surface area contributed by atoms with Crippen molar-refractivity contribution in [2.45, 2.75) is 110 Å². The van der Waals surface area contributed by atoms with E-state index in [4.69, 9.17) is 28.4 Å². The highest BCUT2D eigenvalue weighted by Gasteiger charge is 2.49. The van der Waals surface area contributed by atoms with E-state index in [-0.39, 0.29) is 37.2 Å². The lowest BCUT2D eigenvalue weighted by atomic mass is 10.0. The van der Waals surface area contributed by atoms with Crippen molar-refractivity contribution < 1.29 is 47.6 Å². The van der Waals surface area contributed by atoms with E-state index in [2.05, 4.69) is 0 Å². The molecule has 1 heterocycles. The zero-order valence-corrected chi connectivity index (χ0v) is 23.2. The number of hydrogen-bond donors (Lipinski definition) is 0. The summed E-state index contributed by atoms with van der Waals surface area (Å²) in [6.45, 7) is 10.5. The summed E-state index contributed by atoms with van der Waals surface area (Å²) in [6.07, 6.45) is -2.72. The van der Waals surface area contributed by atoms with Crippen LogP contribution < -0.4 is 4.74 Å². The SMILES string of the molecule is CCCC(=O)O[C@H]1[C@@H](OC(=O)CCC)COC(Oc2ccccc2C(=O)OC(C)(C)C)[C@@H]1OC(=O)CCC. The summed E-state index contributed by atoms with van der Waals surface area (Å²) in [5, 5.41) is 0. The molecule has 1 fully saturated rings. The van der Waals surface area contributed by atoms with Crippen LogP contribution in [0.5, 0.6) is 5.75 Å². The van der Waals surface area contributed by atoms with E-state index in [0.717, 1.165) is 0 Å². The molecule has 0 aromatic heterocycles. The number of hydrogen-bond acceptors (Lipinski definition) is 10. The summed E-state index contributed by atoms with van der Waals surface area (Å²) in [6, 6.07) is 6.42. The Balaban J connectivity index is 2.42. The number of carbonyl (C=O) groups excluding carboxylic acids is 4. The van der Waals surface area contributed by atoms with E-state index in [0.29, 0.717) is 19.3 Å². The Morgan fingerprint density at radius 2 is 1.34 bits per heavy atom. The molecular weight excluding hydrogens is 496 g/mol. The summed E-state index contributed by atoms with van der Waals surface area (Å²) in [5.41, 5.74) is -0.599. The van der Waals surface area contributed by atoms with Gasteiger partial charge in [0.05, 0.1) is 6.61 Å². The smallest absolute Gasteiger partial charge is 0.342 e. The molecule has 1 aromatic carbocycles. The normalized spacial score (nSPS) is 21.2. The fraction of sp³-hybridized carbons (Fsp3) is 0.643. The third-order valence-electron chi connectivity index (χ3n) is 5.31. The largest absolute Gasteiger partial charge is 0.460 e. The van der Waals surface area contributed by atoms with Gasteiger partial charge < -0.3 is 28.4 Å². The molecule has 0 saturated carbocycles. The number of carbonyl (C=O) groups is 4. The monoisotopic (exact) mass is 536 g/mol. The van der Waals surface area contributed by atoms with Gasteiger partial charge >= 0.3 is 23.9 Å². The number of benzene rings is 1. The standard InChI is InChI=1S/C28H40O10/c1-7-12-21(29)34-20-17-33-27(25(37-23(31)14-9-3)24(20)36-22(30)13-8-2)35-19-16-11-10-15-18(19)26(32)38-28(4,5)6/h10-11,15-16,20,24-25,27H,7-9,12-14,17H2,1-6H3/t20-,24-,25+,27?/m0/s1. The van der Waals surface area contributed by atoms with E-state index in [1.807, 2.05) is 20.8 Å². The molecule has 4 atom stereocenters. The van der Waals surface area contributed by atoms with Crippen LogP contribution in [0.2, 0.25) is 0 Å². The highest BCUT2D eigenvalue weighted by molar-refractivity contribution is 5.92. The second kappa shape index (κ2) is 14.7. The number of ether oxygens (including phenoxy) is 6. The number of esters is 4. The molecule has 10 heteroatoms. The summed E-state index contributed by atoms with van der Waals surface area (Å²) in [5.74, 6) is -2.08. The quantitative estimate of drug-likeness (QED) is 0.278. The van der Waals surface area contributed by atoms with Gasteiger partial charge in [-0.05, 0) is 52.2 Å². The molecule has 1 aliphatic rings. The van der Waals surface area contributed by atoms with Gasteiger partial charge in [-0.3, -0.25) is 14.4 Å². The van der Waals surface area contributed by atoms with Crippen molar-refractivity contribution in [1.29, 1.82) is 0 Å². The van der Waals surface area contributed by atoms with Gasteiger partial charge in [-0.15, -0.1) is 0 Å². The first kappa shape index (κ1) is 31.1. The summed E-state index contributed by atoms with van der Waals surface area (Å²) >= 11 is 0. The minimum atomic E-state index is -1.27. The molecule has 0 spiro atoms. The van der Waals surface area contributed by atoms with E-state index in [1.54, 1.807) is 45.0 Å². The molecule has 1 aliphatic heterocycles. The number of para-hydroxylation sites is 1. The van der Waals surface area contributed by atoms with Crippen LogP contribution in [0.3, 0.4) is 0 Å². The zero-order valence-electron chi connectivity index (χ0n) is 23.2. The zero-order chi connectivity index (χ0) is 28.3. The van der Waals surface area contributed by atoms with Crippen molar-refractivity contribution in [2.75, 3.05) is 6.61 Å². The number of rotatable bonds is 12. The van der Waals surface area contributed by atoms with E-state index < -0.39 is 54.1 Å². The molecule has 1 aromatic rings. The molecule has 38 heavy (non-hydrogen) atoms. The lowest BCUT2D eigenvalue weighted by Gasteiger charge is -2.40. The summed E-state index contributed by atoms with van der Waals surface area (Å²) in [7, 11) is 0. The maximum atomic E-state index is 12.8. The van der Waals surface area contributed by atoms with Crippen molar-refractivity contribution >= 4 is 23.9 Å². The van der Waals surface area contributed by atoms with Gasteiger partial charge in [-0.25, -0.2) is 4.79 Å². The lowest BCUT2D eigenvalue weighted by molar-refractivity contribution is -0.261. The van der Waals surface area contributed by atoms with Gasteiger partial charge in [0.15, 0.2) is 12.2 Å². The van der Waals surface area contributed by atoms with Gasteiger partial charge in [0.1, 0.15) is 16.9 Å². The van der Waals surface area contributed by atoms with Gasteiger partial charge in [-0.1, -0.05) is 32.9 Å². The average molecular weight is 537 g/mol. The van der Waals surface area contributed by atoms with Crippen molar-refractivity contribution in [3.05, 3.63) is 29.8 Å². The Kier molecular flexibility index (Phi) is 12.0. The molecule has 0 aliphatic carbocycles. The van der Waals surface area contributed by atoms with Crippen molar-refractivity contribution in [3.63, 3.8) is 0 Å².